The number of rotatable bonds is 5. The molecule has 2 aromatic carbocycles. The van der Waals surface area contributed by atoms with Crippen molar-refractivity contribution < 1.29 is 18.0 Å². The van der Waals surface area contributed by atoms with Crippen molar-refractivity contribution in [1.29, 1.82) is 0 Å². The average Bonchev–Trinajstić information content (AvgIpc) is 3.42. The Morgan fingerprint density at radius 3 is 2.41 bits per heavy atom. The Balaban J connectivity index is 1.54. The van der Waals surface area contributed by atoms with Crippen LogP contribution in [0.25, 0.3) is 27.7 Å². The number of carbonyl (C=O) groups is 1. The summed E-state index contributed by atoms with van der Waals surface area (Å²) < 4.78 is 44.7. The second-order valence-corrected chi connectivity index (χ2v) is 9.01. The first kappa shape index (κ1) is 24.5. The van der Waals surface area contributed by atoms with Gasteiger partial charge in [-0.05, 0) is 43.7 Å². The molecule has 0 fully saturated rings. The molecule has 3 aromatic heterocycles. The maximum atomic E-state index is 14.1. The summed E-state index contributed by atoms with van der Waals surface area (Å²) in [6.45, 7) is 6.72. The van der Waals surface area contributed by atoms with Crippen molar-refractivity contribution >= 4 is 22.3 Å². The van der Waals surface area contributed by atoms with E-state index in [1.54, 1.807) is 19.2 Å². The van der Waals surface area contributed by atoms with Crippen LogP contribution in [0.4, 0.5) is 13.2 Å². The monoisotopic (exact) mass is 506 g/mol. The molecule has 10 heteroatoms. The van der Waals surface area contributed by atoms with E-state index in [1.165, 1.54) is 11.0 Å². The average molecular weight is 507 g/mol. The fourth-order valence-electron chi connectivity index (χ4n) is 4.55. The number of aromatic nitrogens is 5. The Kier molecular flexibility index (Phi) is 5.97. The van der Waals surface area contributed by atoms with Crippen molar-refractivity contribution in [3.05, 3.63) is 82.9 Å². The van der Waals surface area contributed by atoms with Gasteiger partial charge in [0.15, 0.2) is 17.0 Å². The van der Waals surface area contributed by atoms with Crippen LogP contribution in [0.3, 0.4) is 0 Å². The highest BCUT2D eigenvalue weighted by atomic mass is 19.4. The van der Waals surface area contributed by atoms with Gasteiger partial charge in [-0.3, -0.25) is 9.48 Å². The smallest absolute Gasteiger partial charge is 0.336 e. The van der Waals surface area contributed by atoms with Crippen molar-refractivity contribution in [3.63, 3.8) is 0 Å². The number of hydrogen-bond acceptors (Lipinski definition) is 4. The molecular formula is C27H25F3N6O. The molecule has 190 valence electrons. The first-order valence-electron chi connectivity index (χ1n) is 11.8. The standard InChI is InChI=1S/C27H25F3N6O/c1-5-35-17(3)21(16(2)32-35)15-34(4)26(37)23-14-25-31-22(13-24(27(28,29)30)36(25)33-23)20-11-10-18-8-6-7-9-19(18)12-20/h6-14H,5,15H2,1-4H3. The quantitative estimate of drug-likeness (QED) is 0.308. The zero-order chi connectivity index (χ0) is 26.5. The number of carbonyl (C=O) groups excluding carboxylic acids is 1. The Hall–Kier alpha value is -4.21. The van der Waals surface area contributed by atoms with E-state index in [4.69, 9.17) is 0 Å². The van der Waals surface area contributed by atoms with Gasteiger partial charge in [0, 0.05) is 43.0 Å². The maximum Gasteiger partial charge on any atom is 0.433 e. The van der Waals surface area contributed by atoms with Crippen molar-refractivity contribution in [2.45, 2.75) is 40.0 Å². The van der Waals surface area contributed by atoms with E-state index in [-0.39, 0.29) is 23.6 Å². The number of aryl methyl sites for hydroxylation is 2. The molecule has 5 aromatic rings. The lowest BCUT2D eigenvalue weighted by Crippen LogP contribution is -2.27. The predicted molar refractivity (Wildman–Crippen MR) is 134 cm³/mol. The Labute approximate surface area is 211 Å². The summed E-state index contributed by atoms with van der Waals surface area (Å²) in [7, 11) is 1.59. The molecule has 0 radical (unpaired) electrons. The molecule has 0 N–H and O–H groups in total. The SMILES string of the molecule is CCn1nc(C)c(CN(C)C(=O)c2cc3nc(-c4ccc5ccccc5c4)cc(C(F)(F)F)n3n2)c1C. The van der Waals surface area contributed by atoms with Crippen LogP contribution >= 0.6 is 0 Å². The van der Waals surface area contributed by atoms with Crippen molar-refractivity contribution in [3.8, 4) is 11.3 Å². The Morgan fingerprint density at radius 2 is 1.73 bits per heavy atom. The van der Waals surface area contributed by atoms with Gasteiger partial charge in [-0.2, -0.15) is 23.4 Å². The van der Waals surface area contributed by atoms with Crippen molar-refractivity contribution in [1.82, 2.24) is 29.3 Å². The third-order valence-electron chi connectivity index (χ3n) is 6.55. The van der Waals surface area contributed by atoms with Crippen LogP contribution in [0.1, 0.15) is 40.1 Å². The van der Waals surface area contributed by atoms with Crippen LogP contribution in [0.5, 0.6) is 0 Å². The number of amides is 1. The van der Waals surface area contributed by atoms with Gasteiger partial charge in [-0.1, -0.05) is 36.4 Å². The zero-order valence-corrected chi connectivity index (χ0v) is 20.8. The molecule has 0 atom stereocenters. The molecule has 0 saturated heterocycles. The van der Waals surface area contributed by atoms with Crippen LogP contribution in [-0.2, 0) is 19.3 Å². The number of fused-ring (bicyclic) bond motifs is 2. The van der Waals surface area contributed by atoms with E-state index >= 15 is 0 Å². The molecular weight excluding hydrogens is 481 g/mol. The summed E-state index contributed by atoms with van der Waals surface area (Å²) in [5, 5.41) is 10.3. The van der Waals surface area contributed by atoms with E-state index < -0.39 is 17.8 Å². The molecule has 0 bridgehead atoms. The Morgan fingerprint density at radius 1 is 1.00 bits per heavy atom. The lowest BCUT2D eigenvalue weighted by molar-refractivity contribution is -0.142. The summed E-state index contributed by atoms with van der Waals surface area (Å²) in [6, 6.07) is 15.2. The van der Waals surface area contributed by atoms with Gasteiger partial charge in [-0.15, -0.1) is 0 Å². The van der Waals surface area contributed by atoms with E-state index in [2.05, 4.69) is 15.2 Å². The molecule has 3 heterocycles. The number of benzene rings is 2. The molecule has 37 heavy (non-hydrogen) atoms. The van der Waals surface area contributed by atoms with Gasteiger partial charge < -0.3 is 4.90 Å². The van der Waals surface area contributed by atoms with Crippen molar-refractivity contribution in [2.24, 2.45) is 0 Å². The predicted octanol–water partition coefficient (Wildman–Crippen LogP) is 5.67. The molecule has 0 spiro atoms. The maximum absolute atomic E-state index is 14.1. The zero-order valence-electron chi connectivity index (χ0n) is 20.8. The van der Waals surface area contributed by atoms with Crippen LogP contribution in [0, 0.1) is 13.8 Å². The largest absolute Gasteiger partial charge is 0.433 e. The lowest BCUT2D eigenvalue weighted by Gasteiger charge is -2.16. The summed E-state index contributed by atoms with van der Waals surface area (Å²) in [5.41, 5.74) is 2.15. The first-order chi connectivity index (χ1) is 17.6. The fraction of sp³-hybridized carbons (Fsp3) is 0.259. The normalized spacial score (nSPS) is 12.0. The number of nitrogens with zero attached hydrogens (tertiary/aromatic N) is 6. The number of hydrogen-bond donors (Lipinski definition) is 0. The van der Waals surface area contributed by atoms with E-state index in [9.17, 15) is 18.0 Å². The Bertz CT molecular complexity index is 1650. The van der Waals surface area contributed by atoms with Gasteiger partial charge in [0.25, 0.3) is 5.91 Å². The molecule has 0 saturated carbocycles. The molecule has 1 amide bonds. The van der Waals surface area contributed by atoms with E-state index in [0.717, 1.165) is 33.8 Å². The first-order valence-corrected chi connectivity index (χ1v) is 11.8. The van der Waals surface area contributed by atoms with Crippen LogP contribution in [-0.4, -0.2) is 42.2 Å². The molecule has 0 aliphatic heterocycles. The third kappa shape index (κ3) is 4.43. The summed E-state index contributed by atoms with van der Waals surface area (Å²) in [5.74, 6) is -0.506. The molecule has 0 aliphatic carbocycles. The van der Waals surface area contributed by atoms with Gasteiger partial charge in [0.2, 0.25) is 0 Å². The van der Waals surface area contributed by atoms with Crippen LogP contribution in [0.2, 0.25) is 0 Å². The molecule has 0 aliphatic rings. The third-order valence-corrected chi connectivity index (χ3v) is 6.55. The van der Waals surface area contributed by atoms with Gasteiger partial charge in [0.05, 0.1) is 11.4 Å². The summed E-state index contributed by atoms with van der Waals surface area (Å²) in [4.78, 5) is 19.1. The number of alkyl halides is 3. The van der Waals surface area contributed by atoms with Gasteiger partial charge >= 0.3 is 6.18 Å². The minimum Gasteiger partial charge on any atom is -0.336 e. The van der Waals surface area contributed by atoms with Crippen molar-refractivity contribution in [2.75, 3.05) is 7.05 Å². The highest BCUT2D eigenvalue weighted by molar-refractivity contribution is 5.93. The summed E-state index contributed by atoms with van der Waals surface area (Å²) >= 11 is 0. The molecule has 7 nitrogen and oxygen atoms in total. The van der Waals surface area contributed by atoms with E-state index in [0.29, 0.717) is 16.6 Å². The molecule has 5 rings (SSSR count). The summed E-state index contributed by atoms with van der Waals surface area (Å²) in [6.07, 6.45) is -4.70. The van der Waals surface area contributed by atoms with E-state index in [1.807, 2.05) is 55.8 Å². The highest BCUT2D eigenvalue weighted by Crippen LogP contribution is 2.33. The van der Waals surface area contributed by atoms with Crippen LogP contribution < -0.4 is 0 Å². The minimum absolute atomic E-state index is 0.0547. The second-order valence-electron chi connectivity index (χ2n) is 9.01. The van der Waals surface area contributed by atoms with Crippen LogP contribution in [0.15, 0.2) is 54.6 Å². The molecule has 0 unspecified atom stereocenters. The fourth-order valence-corrected chi connectivity index (χ4v) is 4.55. The highest BCUT2D eigenvalue weighted by Gasteiger charge is 2.36. The lowest BCUT2D eigenvalue weighted by atomic mass is 10.0. The topological polar surface area (TPSA) is 68.3 Å². The van der Waals surface area contributed by atoms with Gasteiger partial charge in [0.1, 0.15) is 0 Å². The van der Waals surface area contributed by atoms with Gasteiger partial charge in [-0.25, -0.2) is 9.50 Å². The second kappa shape index (κ2) is 9.02. The minimum atomic E-state index is -4.70. The number of halogens is 3.